The zero-order valence-electron chi connectivity index (χ0n) is 11.1. The van der Waals surface area contributed by atoms with E-state index >= 15 is 0 Å². The second-order valence-electron chi connectivity index (χ2n) is 4.58. The summed E-state index contributed by atoms with van der Waals surface area (Å²) in [5.41, 5.74) is 2.83. The van der Waals surface area contributed by atoms with E-state index in [2.05, 4.69) is 58.3 Å². The number of likely N-dealkylation sites (N-methyl/N-ethyl adjacent to an activating group) is 1. The van der Waals surface area contributed by atoms with E-state index in [0.717, 1.165) is 26.1 Å². The van der Waals surface area contributed by atoms with Gasteiger partial charge in [0.05, 0.1) is 0 Å². The Morgan fingerprint density at radius 2 is 2.06 bits per heavy atom. The molecule has 0 amide bonds. The molecular weight excluding hydrogens is 276 g/mol. The molecule has 0 fully saturated rings. The molecule has 0 aliphatic heterocycles. The van der Waals surface area contributed by atoms with Crippen molar-refractivity contribution in [1.29, 1.82) is 0 Å². The molecule has 1 rings (SSSR count). The van der Waals surface area contributed by atoms with Crippen molar-refractivity contribution >= 4 is 15.9 Å². The molecule has 0 saturated heterocycles. The Labute approximate surface area is 114 Å². The summed E-state index contributed by atoms with van der Waals surface area (Å²) in [6, 6.07) is 6.52. The Balaban J connectivity index is 2.36. The Kier molecular flexibility index (Phi) is 6.78. The third-order valence-corrected chi connectivity index (χ3v) is 3.53. The zero-order chi connectivity index (χ0) is 12.7. The molecule has 1 aromatic carbocycles. The van der Waals surface area contributed by atoms with Crippen LogP contribution in [0.1, 0.15) is 17.5 Å². The van der Waals surface area contributed by atoms with Crippen molar-refractivity contribution in [3.8, 4) is 0 Å². The Morgan fingerprint density at radius 3 is 2.76 bits per heavy atom. The van der Waals surface area contributed by atoms with Gasteiger partial charge in [-0.15, -0.1) is 0 Å². The van der Waals surface area contributed by atoms with Gasteiger partial charge in [-0.25, -0.2) is 0 Å². The number of halogens is 1. The van der Waals surface area contributed by atoms with Crippen LogP contribution in [0.4, 0.5) is 0 Å². The average molecular weight is 299 g/mol. The fourth-order valence-corrected chi connectivity index (χ4v) is 2.27. The lowest BCUT2D eigenvalue weighted by Gasteiger charge is -2.17. The number of hydrogen-bond acceptors (Lipinski definition) is 2. The van der Waals surface area contributed by atoms with Gasteiger partial charge in [-0.3, -0.25) is 0 Å². The van der Waals surface area contributed by atoms with Crippen molar-refractivity contribution in [1.82, 2.24) is 10.2 Å². The van der Waals surface area contributed by atoms with Crippen LogP contribution < -0.4 is 5.32 Å². The molecule has 0 aromatic heterocycles. The lowest BCUT2D eigenvalue weighted by atomic mass is 10.1. The van der Waals surface area contributed by atoms with Gasteiger partial charge < -0.3 is 10.2 Å². The van der Waals surface area contributed by atoms with Crippen molar-refractivity contribution < 1.29 is 0 Å². The molecule has 3 heteroatoms. The topological polar surface area (TPSA) is 15.3 Å². The van der Waals surface area contributed by atoms with Gasteiger partial charge in [0, 0.05) is 11.0 Å². The largest absolute Gasteiger partial charge is 0.320 e. The number of hydrogen-bond donors (Lipinski definition) is 1. The summed E-state index contributed by atoms with van der Waals surface area (Å²) in [6.07, 6.45) is 2.34. The molecule has 0 aliphatic carbocycles. The molecule has 1 aromatic rings. The predicted octanol–water partition coefficient (Wildman–Crippen LogP) is 2.84. The SMILES string of the molecule is CNCCCN(C)CCc1cc(Br)ccc1C. The summed E-state index contributed by atoms with van der Waals surface area (Å²) in [6.45, 7) is 5.57. The first kappa shape index (κ1) is 14.7. The molecular formula is C14H23BrN2. The summed E-state index contributed by atoms with van der Waals surface area (Å²) in [5.74, 6) is 0. The first-order valence-corrected chi connectivity index (χ1v) is 7.01. The first-order valence-electron chi connectivity index (χ1n) is 6.21. The van der Waals surface area contributed by atoms with Gasteiger partial charge in [-0.1, -0.05) is 22.0 Å². The van der Waals surface area contributed by atoms with Gasteiger partial charge >= 0.3 is 0 Å². The number of nitrogens with one attached hydrogen (secondary N) is 1. The van der Waals surface area contributed by atoms with Crippen LogP contribution >= 0.6 is 15.9 Å². The number of nitrogens with zero attached hydrogens (tertiary/aromatic N) is 1. The van der Waals surface area contributed by atoms with E-state index in [4.69, 9.17) is 0 Å². The Morgan fingerprint density at radius 1 is 1.29 bits per heavy atom. The van der Waals surface area contributed by atoms with Crippen LogP contribution in [0.3, 0.4) is 0 Å². The highest BCUT2D eigenvalue weighted by Crippen LogP contribution is 2.16. The molecule has 0 bridgehead atoms. The van der Waals surface area contributed by atoms with Crippen molar-refractivity contribution in [3.63, 3.8) is 0 Å². The van der Waals surface area contributed by atoms with Crippen LogP contribution in [-0.4, -0.2) is 38.6 Å². The summed E-state index contributed by atoms with van der Waals surface area (Å²) >= 11 is 3.53. The lowest BCUT2D eigenvalue weighted by molar-refractivity contribution is 0.332. The third-order valence-electron chi connectivity index (χ3n) is 3.04. The third kappa shape index (κ3) is 5.66. The predicted molar refractivity (Wildman–Crippen MR) is 78.6 cm³/mol. The maximum absolute atomic E-state index is 3.53. The minimum Gasteiger partial charge on any atom is -0.320 e. The highest BCUT2D eigenvalue weighted by molar-refractivity contribution is 9.10. The molecule has 2 nitrogen and oxygen atoms in total. The maximum Gasteiger partial charge on any atom is 0.0178 e. The smallest absolute Gasteiger partial charge is 0.0178 e. The highest BCUT2D eigenvalue weighted by Gasteiger charge is 2.02. The van der Waals surface area contributed by atoms with Crippen LogP contribution in [-0.2, 0) is 6.42 Å². The van der Waals surface area contributed by atoms with Gasteiger partial charge in [-0.05, 0) is 70.2 Å². The van der Waals surface area contributed by atoms with Gasteiger partial charge in [0.2, 0.25) is 0 Å². The monoisotopic (exact) mass is 298 g/mol. The lowest BCUT2D eigenvalue weighted by Crippen LogP contribution is -2.25. The van der Waals surface area contributed by atoms with Crippen LogP contribution in [0, 0.1) is 6.92 Å². The molecule has 0 heterocycles. The average Bonchev–Trinajstić information content (AvgIpc) is 2.31. The van der Waals surface area contributed by atoms with Crippen molar-refractivity contribution in [2.24, 2.45) is 0 Å². The van der Waals surface area contributed by atoms with E-state index in [9.17, 15) is 0 Å². The van der Waals surface area contributed by atoms with Crippen LogP contribution in [0.25, 0.3) is 0 Å². The fourth-order valence-electron chi connectivity index (χ4n) is 1.86. The number of benzene rings is 1. The quantitative estimate of drug-likeness (QED) is 0.779. The van der Waals surface area contributed by atoms with E-state index in [-0.39, 0.29) is 0 Å². The molecule has 0 atom stereocenters. The van der Waals surface area contributed by atoms with Crippen LogP contribution in [0.15, 0.2) is 22.7 Å². The molecule has 0 saturated carbocycles. The molecule has 96 valence electrons. The maximum atomic E-state index is 3.53. The zero-order valence-corrected chi connectivity index (χ0v) is 12.7. The minimum atomic E-state index is 1.10. The van der Waals surface area contributed by atoms with E-state index in [1.807, 2.05) is 7.05 Å². The van der Waals surface area contributed by atoms with Gasteiger partial charge in [0.1, 0.15) is 0 Å². The van der Waals surface area contributed by atoms with Crippen molar-refractivity contribution in [2.75, 3.05) is 33.7 Å². The summed E-state index contributed by atoms with van der Waals surface area (Å²) < 4.78 is 1.18. The second kappa shape index (κ2) is 7.85. The number of aryl methyl sites for hydroxylation is 1. The molecule has 0 aliphatic rings. The number of rotatable bonds is 7. The molecule has 1 N–H and O–H groups in total. The summed E-state index contributed by atoms with van der Waals surface area (Å²) in [5, 5.41) is 3.18. The van der Waals surface area contributed by atoms with E-state index in [1.165, 1.54) is 22.0 Å². The standard InChI is InChI=1S/C14H23BrN2/c1-12-5-6-14(15)11-13(12)7-10-17(3)9-4-8-16-2/h5-6,11,16H,4,7-10H2,1-3H3. The Hall–Kier alpha value is -0.380. The van der Waals surface area contributed by atoms with E-state index in [0.29, 0.717) is 0 Å². The van der Waals surface area contributed by atoms with Gasteiger partial charge in [0.25, 0.3) is 0 Å². The van der Waals surface area contributed by atoms with Gasteiger partial charge in [0.15, 0.2) is 0 Å². The summed E-state index contributed by atoms with van der Waals surface area (Å²) in [7, 11) is 4.20. The molecule has 0 unspecified atom stereocenters. The molecule has 17 heavy (non-hydrogen) atoms. The minimum absolute atomic E-state index is 1.10. The van der Waals surface area contributed by atoms with E-state index in [1.54, 1.807) is 0 Å². The first-order chi connectivity index (χ1) is 8.13. The fraction of sp³-hybridized carbons (Fsp3) is 0.571. The van der Waals surface area contributed by atoms with Crippen LogP contribution in [0.5, 0.6) is 0 Å². The van der Waals surface area contributed by atoms with Crippen LogP contribution in [0.2, 0.25) is 0 Å². The van der Waals surface area contributed by atoms with Gasteiger partial charge in [-0.2, -0.15) is 0 Å². The Bertz CT molecular complexity index is 339. The van der Waals surface area contributed by atoms with Crippen molar-refractivity contribution in [2.45, 2.75) is 19.8 Å². The summed E-state index contributed by atoms with van der Waals surface area (Å²) in [4.78, 5) is 2.40. The molecule has 0 radical (unpaired) electrons. The highest BCUT2D eigenvalue weighted by atomic mass is 79.9. The van der Waals surface area contributed by atoms with Crippen molar-refractivity contribution in [3.05, 3.63) is 33.8 Å². The molecule has 0 spiro atoms. The normalized spacial score (nSPS) is 11.1. The van der Waals surface area contributed by atoms with E-state index < -0.39 is 0 Å². The second-order valence-corrected chi connectivity index (χ2v) is 5.50.